The van der Waals surface area contributed by atoms with Crippen molar-refractivity contribution in [3.8, 4) is 0 Å². The van der Waals surface area contributed by atoms with Crippen molar-refractivity contribution in [1.82, 2.24) is 4.98 Å². The molecular formula is C9H9N3S2. The normalized spacial score (nSPS) is 10.4. The summed E-state index contributed by atoms with van der Waals surface area (Å²) >= 11 is 6.46. The van der Waals surface area contributed by atoms with Gasteiger partial charge in [0, 0.05) is 7.05 Å². The molecule has 0 radical (unpaired) electrons. The Morgan fingerprint density at radius 1 is 1.50 bits per heavy atom. The van der Waals surface area contributed by atoms with E-state index in [0.29, 0.717) is 5.11 Å². The molecule has 3 nitrogen and oxygen atoms in total. The van der Waals surface area contributed by atoms with Crippen LogP contribution in [-0.2, 0) is 0 Å². The molecule has 0 spiro atoms. The Balaban J connectivity index is 2.50. The molecule has 0 bridgehead atoms. The zero-order chi connectivity index (χ0) is 10.1. The molecule has 1 aromatic carbocycles. The van der Waals surface area contributed by atoms with Crippen LogP contribution in [0.4, 0.5) is 5.13 Å². The number of nitrogens with zero attached hydrogens (tertiary/aromatic N) is 2. The average Bonchev–Trinajstić information content (AvgIpc) is 2.59. The number of hydrogen-bond donors (Lipinski definition) is 1. The topological polar surface area (TPSA) is 42.1 Å². The number of nitrogens with two attached hydrogens (primary N) is 1. The maximum absolute atomic E-state index is 5.51. The fraction of sp³-hybridized carbons (Fsp3) is 0.111. The molecule has 0 atom stereocenters. The zero-order valence-electron chi connectivity index (χ0n) is 7.60. The quantitative estimate of drug-likeness (QED) is 0.751. The van der Waals surface area contributed by atoms with E-state index in [9.17, 15) is 0 Å². The summed E-state index contributed by atoms with van der Waals surface area (Å²) in [6, 6.07) is 7.96. The van der Waals surface area contributed by atoms with Crippen LogP contribution in [0, 0.1) is 0 Å². The molecular weight excluding hydrogens is 214 g/mol. The first-order chi connectivity index (χ1) is 6.68. The number of hydrogen-bond acceptors (Lipinski definition) is 3. The summed E-state index contributed by atoms with van der Waals surface area (Å²) in [5, 5.41) is 1.17. The van der Waals surface area contributed by atoms with Gasteiger partial charge in [-0.25, -0.2) is 4.98 Å². The van der Waals surface area contributed by atoms with Gasteiger partial charge in [0.1, 0.15) is 0 Å². The Kier molecular flexibility index (Phi) is 2.35. The predicted octanol–water partition coefficient (Wildman–Crippen LogP) is 1.98. The minimum Gasteiger partial charge on any atom is -0.376 e. The molecule has 0 unspecified atom stereocenters. The molecule has 2 N–H and O–H groups in total. The fourth-order valence-corrected chi connectivity index (χ4v) is 2.18. The van der Waals surface area contributed by atoms with Crippen molar-refractivity contribution in [1.29, 1.82) is 0 Å². The van der Waals surface area contributed by atoms with Crippen LogP contribution in [0.15, 0.2) is 24.3 Å². The number of fused-ring (bicyclic) bond motifs is 1. The fourth-order valence-electron chi connectivity index (χ4n) is 1.10. The standard InChI is InChI=1S/C9H9N3S2/c1-12(8(10)13)9-11-6-4-2-3-5-7(6)14-9/h2-5H,1H3,(H2,10,13). The van der Waals surface area contributed by atoms with Gasteiger partial charge in [0.05, 0.1) is 10.2 Å². The van der Waals surface area contributed by atoms with Gasteiger partial charge in [0.2, 0.25) is 0 Å². The summed E-state index contributed by atoms with van der Waals surface area (Å²) in [5.74, 6) is 0. The van der Waals surface area contributed by atoms with Crippen molar-refractivity contribution in [2.24, 2.45) is 5.73 Å². The van der Waals surface area contributed by atoms with E-state index in [-0.39, 0.29) is 0 Å². The molecule has 14 heavy (non-hydrogen) atoms. The third-order valence-corrected chi connectivity index (χ3v) is 3.29. The molecule has 72 valence electrons. The molecule has 0 saturated heterocycles. The van der Waals surface area contributed by atoms with E-state index >= 15 is 0 Å². The molecule has 0 aliphatic heterocycles. The van der Waals surface area contributed by atoms with Gasteiger partial charge in [0.25, 0.3) is 0 Å². The van der Waals surface area contributed by atoms with Gasteiger partial charge in [-0.15, -0.1) is 0 Å². The average molecular weight is 223 g/mol. The lowest BCUT2D eigenvalue weighted by atomic mass is 10.3. The van der Waals surface area contributed by atoms with Crippen LogP contribution in [0.25, 0.3) is 10.2 Å². The van der Waals surface area contributed by atoms with Gasteiger partial charge >= 0.3 is 0 Å². The SMILES string of the molecule is CN(C(N)=S)c1nc2ccccc2s1. The first-order valence-electron chi connectivity index (χ1n) is 4.07. The third-order valence-electron chi connectivity index (χ3n) is 1.90. The zero-order valence-corrected chi connectivity index (χ0v) is 9.23. The van der Waals surface area contributed by atoms with Crippen molar-refractivity contribution in [3.05, 3.63) is 24.3 Å². The summed E-state index contributed by atoms with van der Waals surface area (Å²) in [6.07, 6.45) is 0. The Bertz CT molecular complexity index is 445. The monoisotopic (exact) mass is 223 g/mol. The van der Waals surface area contributed by atoms with Crippen LogP contribution in [0.3, 0.4) is 0 Å². The lowest BCUT2D eigenvalue weighted by Crippen LogP contribution is -2.31. The second kappa shape index (κ2) is 3.51. The van der Waals surface area contributed by atoms with Crippen LogP contribution >= 0.6 is 23.6 Å². The van der Waals surface area contributed by atoms with Crippen LogP contribution in [0.1, 0.15) is 0 Å². The van der Waals surface area contributed by atoms with E-state index in [4.69, 9.17) is 18.0 Å². The highest BCUT2D eigenvalue weighted by atomic mass is 32.1. The van der Waals surface area contributed by atoms with Crippen molar-refractivity contribution in [2.75, 3.05) is 11.9 Å². The second-order valence-corrected chi connectivity index (χ2v) is 4.29. The Morgan fingerprint density at radius 3 is 2.86 bits per heavy atom. The first kappa shape index (κ1) is 9.36. The molecule has 0 amide bonds. The van der Waals surface area contributed by atoms with E-state index in [0.717, 1.165) is 15.3 Å². The van der Waals surface area contributed by atoms with Gasteiger partial charge in [-0.2, -0.15) is 0 Å². The molecule has 0 aliphatic carbocycles. The smallest absolute Gasteiger partial charge is 0.192 e. The predicted molar refractivity (Wildman–Crippen MR) is 64.8 cm³/mol. The van der Waals surface area contributed by atoms with Gasteiger partial charge < -0.3 is 5.73 Å². The van der Waals surface area contributed by atoms with E-state index in [2.05, 4.69) is 4.98 Å². The van der Waals surface area contributed by atoms with Crippen molar-refractivity contribution < 1.29 is 0 Å². The number of anilines is 1. The minimum absolute atomic E-state index is 0.337. The summed E-state index contributed by atoms with van der Waals surface area (Å²) in [5.41, 5.74) is 6.50. The lowest BCUT2D eigenvalue weighted by Gasteiger charge is -2.11. The molecule has 0 fully saturated rings. The van der Waals surface area contributed by atoms with Crippen LogP contribution in [0.2, 0.25) is 0 Å². The largest absolute Gasteiger partial charge is 0.376 e. The number of benzene rings is 1. The number of thiazole rings is 1. The lowest BCUT2D eigenvalue weighted by molar-refractivity contribution is 1.23. The number of rotatable bonds is 1. The van der Waals surface area contributed by atoms with Gasteiger partial charge in [-0.3, -0.25) is 4.90 Å². The Morgan fingerprint density at radius 2 is 2.21 bits per heavy atom. The maximum Gasteiger partial charge on any atom is 0.192 e. The van der Waals surface area contributed by atoms with Gasteiger partial charge in [-0.05, 0) is 24.4 Å². The Labute approximate surface area is 91.2 Å². The maximum atomic E-state index is 5.51. The van der Waals surface area contributed by atoms with E-state index in [1.807, 2.05) is 31.3 Å². The first-order valence-corrected chi connectivity index (χ1v) is 5.29. The molecule has 0 aliphatic rings. The summed E-state index contributed by atoms with van der Waals surface area (Å²) in [4.78, 5) is 6.12. The number of thiocarbonyl (C=S) groups is 1. The van der Waals surface area contributed by atoms with Gasteiger partial charge in [0.15, 0.2) is 10.2 Å². The number of para-hydroxylation sites is 1. The summed E-state index contributed by atoms with van der Waals surface area (Å²) < 4.78 is 1.14. The minimum atomic E-state index is 0.337. The number of aromatic nitrogens is 1. The molecule has 1 heterocycles. The second-order valence-electron chi connectivity index (χ2n) is 2.86. The van der Waals surface area contributed by atoms with Crippen LogP contribution < -0.4 is 10.6 Å². The van der Waals surface area contributed by atoms with E-state index < -0.39 is 0 Å². The Hall–Kier alpha value is -1.20. The summed E-state index contributed by atoms with van der Waals surface area (Å²) in [7, 11) is 1.82. The van der Waals surface area contributed by atoms with Crippen molar-refractivity contribution in [2.45, 2.75) is 0 Å². The highest BCUT2D eigenvalue weighted by molar-refractivity contribution is 7.80. The molecule has 5 heteroatoms. The van der Waals surface area contributed by atoms with Crippen LogP contribution in [0.5, 0.6) is 0 Å². The van der Waals surface area contributed by atoms with Gasteiger partial charge in [-0.1, -0.05) is 23.5 Å². The molecule has 0 saturated carbocycles. The summed E-state index contributed by atoms with van der Waals surface area (Å²) in [6.45, 7) is 0. The molecule has 2 rings (SSSR count). The van der Waals surface area contributed by atoms with Crippen molar-refractivity contribution >= 4 is 44.0 Å². The highest BCUT2D eigenvalue weighted by Crippen LogP contribution is 2.27. The van der Waals surface area contributed by atoms with E-state index in [1.165, 1.54) is 0 Å². The third kappa shape index (κ3) is 1.56. The highest BCUT2D eigenvalue weighted by Gasteiger charge is 2.08. The molecule has 1 aromatic heterocycles. The molecule has 2 aromatic rings. The van der Waals surface area contributed by atoms with Crippen molar-refractivity contribution in [3.63, 3.8) is 0 Å². The van der Waals surface area contributed by atoms with Crippen LogP contribution in [-0.4, -0.2) is 17.1 Å². The van der Waals surface area contributed by atoms with E-state index in [1.54, 1.807) is 16.2 Å².